The number of ether oxygens (including phenoxy) is 1. The predicted molar refractivity (Wildman–Crippen MR) is 144 cm³/mol. The van der Waals surface area contributed by atoms with Crippen LogP contribution in [-0.2, 0) is 4.74 Å². The molecule has 1 amide bonds. The third-order valence-electron chi connectivity index (χ3n) is 6.42. The van der Waals surface area contributed by atoms with Crippen molar-refractivity contribution in [3.8, 4) is 0 Å². The number of nitrogens with two attached hydrogens (primary N) is 2. The molecule has 0 saturated carbocycles. The van der Waals surface area contributed by atoms with E-state index in [1.165, 1.54) is 17.3 Å². The molecule has 2 aromatic rings. The zero-order valence-corrected chi connectivity index (χ0v) is 21.5. The van der Waals surface area contributed by atoms with Crippen LogP contribution in [-0.4, -0.2) is 54.8 Å². The lowest BCUT2D eigenvalue weighted by Crippen LogP contribution is -2.37. The zero-order valence-electron chi connectivity index (χ0n) is 21.5. The van der Waals surface area contributed by atoms with E-state index in [0.717, 1.165) is 11.6 Å². The lowest BCUT2D eigenvalue weighted by molar-refractivity contribution is -0.0933. The van der Waals surface area contributed by atoms with Crippen LogP contribution in [0.2, 0.25) is 0 Å². The Morgan fingerprint density at radius 2 is 1.97 bits per heavy atom. The number of carbonyl (C=O) groups excluding carboxylic acids is 1. The van der Waals surface area contributed by atoms with Crippen molar-refractivity contribution in [1.29, 1.82) is 0 Å². The van der Waals surface area contributed by atoms with E-state index in [2.05, 4.69) is 15.2 Å². The Bertz CT molecular complexity index is 1310. The third kappa shape index (κ3) is 7.56. The molecule has 206 valence electrons. The zero-order chi connectivity index (χ0) is 28.0. The minimum atomic E-state index is -4.53. The summed E-state index contributed by atoms with van der Waals surface area (Å²) in [5.41, 5.74) is 8.62. The normalized spacial score (nSPS) is 17.1. The summed E-state index contributed by atoms with van der Waals surface area (Å²) in [7, 11) is 0. The van der Waals surface area contributed by atoms with Gasteiger partial charge in [-0.1, -0.05) is 17.7 Å². The van der Waals surface area contributed by atoms with Crippen LogP contribution < -0.4 is 21.9 Å². The number of benzene rings is 1. The molecular formula is C28H31F3N6O2. The monoisotopic (exact) mass is 540 g/mol. The highest BCUT2D eigenvalue weighted by molar-refractivity contribution is 5.96. The van der Waals surface area contributed by atoms with Gasteiger partial charge < -0.3 is 15.8 Å². The number of hydrazine groups is 1. The second kappa shape index (κ2) is 12.3. The smallest absolute Gasteiger partial charge is 0.397 e. The molecule has 4 rings (SSSR count). The minimum absolute atomic E-state index is 0.0525. The van der Waals surface area contributed by atoms with Crippen LogP contribution in [0.5, 0.6) is 0 Å². The van der Waals surface area contributed by atoms with E-state index >= 15 is 0 Å². The van der Waals surface area contributed by atoms with Crippen molar-refractivity contribution in [1.82, 2.24) is 15.2 Å². The average Bonchev–Trinajstić information content (AvgIpc) is 3.12. The van der Waals surface area contributed by atoms with Gasteiger partial charge in [0.05, 0.1) is 24.6 Å². The molecule has 2 aliphatic rings. The summed E-state index contributed by atoms with van der Waals surface area (Å²) in [6.45, 7) is 4.64. The van der Waals surface area contributed by atoms with Gasteiger partial charge in [-0.05, 0) is 48.9 Å². The number of alkyl halides is 3. The molecular weight excluding hydrogens is 509 g/mol. The van der Waals surface area contributed by atoms with E-state index in [1.54, 1.807) is 48.8 Å². The molecule has 2 heterocycles. The number of pyridine rings is 1. The highest BCUT2D eigenvalue weighted by atomic mass is 19.4. The molecule has 5 N–H and O–H groups in total. The molecule has 1 fully saturated rings. The lowest BCUT2D eigenvalue weighted by Gasteiger charge is -2.27. The molecule has 0 unspecified atom stereocenters. The van der Waals surface area contributed by atoms with Crippen LogP contribution in [0.25, 0.3) is 5.70 Å². The number of nitrogens with zero attached hydrogens (tertiary/aromatic N) is 3. The number of allylic oxidation sites excluding steroid dienone is 4. The van der Waals surface area contributed by atoms with Gasteiger partial charge in [0.2, 0.25) is 0 Å². The Labute approximate surface area is 225 Å². The van der Waals surface area contributed by atoms with Crippen molar-refractivity contribution in [2.24, 2.45) is 11.6 Å². The molecule has 11 heteroatoms. The van der Waals surface area contributed by atoms with Crippen LogP contribution in [0.1, 0.15) is 27.9 Å². The minimum Gasteiger partial charge on any atom is -0.397 e. The first kappa shape index (κ1) is 28.1. The standard InChI is InChI=1S/C28H31F3N6O2/c1-19-4-6-21(14-26(19)37(33)18-25(32)22-3-2-8-34-16-22)27(38)35-24-7-5-20(13-23(15-24)28(29,30)31)17-36-9-11-39-12-10-36/h2-8,14-16,18H,9-13,17,32-33H2,1H3,(H,35,38)/b25-18-. The largest absolute Gasteiger partial charge is 0.413 e. The Balaban J connectivity index is 1.54. The van der Waals surface area contributed by atoms with Crippen LogP contribution >= 0.6 is 0 Å². The Kier molecular flexibility index (Phi) is 8.85. The molecule has 0 radical (unpaired) electrons. The van der Waals surface area contributed by atoms with E-state index in [4.69, 9.17) is 16.3 Å². The molecule has 0 atom stereocenters. The Morgan fingerprint density at radius 3 is 2.67 bits per heavy atom. The molecule has 1 aromatic heterocycles. The van der Waals surface area contributed by atoms with E-state index in [1.807, 2.05) is 6.92 Å². The summed E-state index contributed by atoms with van der Waals surface area (Å²) in [4.78, 5) is 19.2. The summed E-state index contributed by atoms with van der Waals surface area (Å²) in [6.07, 6.45) is 4.09. The number of aryl methyl sites for hydroxylation is 1. The second-order valence-electron chi connectivity index (χ2n) is 9.37. The van der Waals surface area contributed by atoms with Crippen molar-refractivity contribution in [2.45, 2.75) is 19.5 Å². The van der Waals surface area contributed by atoms with Crippen molar-refractivity contribution in [3.63, 3.8) is 0 Å². The first-order valence-corrected chi connectivity index (χ1v) is 12.4. The van der Waals surface area contributed by atoms with Crippen LogP contribution in [0.4, 0.5) is 18.9 Å². The predicted octanol–water partition coefficient (Wildman–Crippen LogP) is 3.79. The summed E-state index contributed by atoms with van der Waals surface area (Å²) >= 11 is 0. The quantitative estimate of drug-likeness (QED) is 0.362. The SMILES string of the molecule is Cc1ccc(C(=O)NC2=CC=C(CN3CCOCC3)CC(C(F)(F)F)=C2)cc1N(N)/C=C(\N)c1cccnc1. The number of nitrogens with one attached hydrogen (secondary N) is 1. The molecule has 1 aliphatic heterocycles. The van der Waals surface area contributed by atoms with Gasteiger partial charge in [0.1, 0.15) is 0 Å². The van der Waals surface area contributed by atoms with Gasteiger partial charge in [-0.15, -0.1) is 0 Å². The fourth-order valence-corrected chi connectivity index (χ4v) is 4.27. The Morgan fingerprint density at radius 1 is 1.21 bits per heavy atom. The maximum absolute atomic E-state index is 13.8. The summed E-state index contributed by atoms with van der Waals surface area (Å²) in [5.74, 6) is 5.66. The van der Waals surface area contributed by atoms with Crippen molar-refractivity contribution < 1.29 is 22.7 Å². The fourth-order valence-electron chi connectivity index (χ4n) is 4.27. The van der Waals surface area contributed by atoms with Crippen LogP contribution in [0.3, 0.4) is 0 Å². The van der Waals surface area contributed by atoms with Gasteiger partial charge in [-0.2, -0.15) is 13.2 Å². The van der Waals surface area contributed by atoms with E-state index in [9.17, 15) is 18.0 Å². The highest BCUT2D eigenvalue weighted by Crippen LogP contribution is 2.33. The number of aromatic nitrogens is 1. The number of rotatable bonds is 7. The summed E-state index contributed by atoms with van der Waals surface area (Å²) < 4.78 is 46.8. The molecule has 0 bridgehead atoms. The number of hydrogen-bond donors (Lipinski definition) is 3. The van der Waals surface area contributed by atoms with Gasteiger partial charge in [0, 0.05) is 67.0 Å². The first-order chi connectivity index (χ1) is 18.6. The van der Waals surface area contributed by atoms with E-state index < -0.39 is 17.7 Å². The maximum atomic E-state index is 13.8. The molecule has 8 nitrogen and oxygen atoms in total. The number of morpholine rings is 1. The van der Waals surface area contributed by atoms with Gasteiger partial charge in [0.25, 0.3) is 5.91 Å². The number of amides is 1. The lowest BCUT2D eigenvalue weighted by atomic mass is 10.0. The molecule has 1 saturated heterocycles. The van der Waals surface area contributed by atoms with Crippen molar-refractivity contribution in [3.05, 3.63) is 101 Å². The summed E-state index contributed by atoms with van der Waals surface area (Å²) in [5, 5.41) is 3.91. The van der Waals surface area contributed by atoms with E-state index in [0.29, 0.717) is 55.4 Å². The number of halogens is 3. The Hall–Kier alpha value is -3.93. The molecule has 39 heavy (non-hydrogen) atoms. The van der Waals surface area contributed by atoms with Gasteiger partial charge in [-0.3, -0.25) is 19.7 Å². The first-order valence-electron chi connectivity index (χ1n) is 12.4. The maximum Gasteiger partial charge on any atom is 0.413 e. The molecule has 1 aliphatic carbocycles. The average molecular weight is 541 g/mol. The molecule has 0 spiro atoms. The van der Waals surface area contributed by atoms with Crippen LogP contribution in [0.15, 0.2) is 84.0 Å². The van der Waals surface area contributed by atoms with E-state index in [-0.39, 0.29) is 17.7 Å². The summed E-state index contributed by atoms with van der Waals surface area (Å²) in [6, 6.07) is 8.38. The second-order valence-corrected chi connectivity index (χ2v) is 9.37. The topological polar surface area (TPSA) is 110 Å². The fraction of sp³-hybridized carbons (Fsp3) is 0.286. The van der Waals surface area contributed by atoms with Crippen LogP contribution in [0, 0.1) is 6.92 Å². The number of hydrogen-bond acceptors (Lipinski definition) is 7. The number of anilines is 1. The van der Waals surface area contributed by atoms with Gasteiger partial charge >= 0.3 is 6.18 Å². The van der Waals surface area contributed by atoms with Gasteiger partial charge in [-0.25, -0.2) is 5.84 Å². The van der Waals surface area contributed by atoms with Crippen molar-refractivity contribution in [2.75, 3.05) is 37.9 Å². The third-order valence-corrected chi connectivity index (χ3v) is 6.42. The van der Waals surface area contributed by atoms with Gasteiger partial charge in [0.15, 0.2) is 0 Å². The highest BCUT2D eigenvalue weighted by Gasteiger charge is 2.35. The number of carbonyl (C=O) groups is 1. The molecule has 1 aromatic carbocycles. The van der Waals surface area contributed by atoms with Crippen molar-refractivity contribution >= 4 is 17.3 Å².